The summed E-state index contributed by atoms with van der Waals surface area (Å²) in [5, 5.41) is 0. The van der Waals surface area contributed by atoms with Crippen molar-refractivity contribution in [1.82, 2.24) is 0 Å². The van der Waals surface area contributed by atoms with E-state index in [2.05, 4.69) is 0 Å². The second-order valence-corrected chi connectivity index (χ2v) is 3.40. The highest BCUT2D eigenvalue weighted by atomic mass is 16.1. The van der Waals surface area contributed by atoms with Crippen molar-refractivity contribution >= 4 is 5.78 Å². The van der Waals surface area contributed by atoms with E-state index in [-0.39, 0.29) is 6.04 Å². The minimum Gasteiger partial charge on any atom is -0.322 e. The molecule has 0 amide bonds. The molecule has 1 saturated carbocycles. The Balaban J connectivity index is 2.39. The minimum absolute atomic E-state index is 0.196. The first-order valence-electron chi connectivity index (χ1n) is 4.55. The molecule has 64 valence electrons. The molecular formula is C9H17NO. The molecule has 0 aromatic carbocycles. The largest absolute Gasteiger partial charge is 0.322 e. The number of carbonyl (C=O) groups excluding carboxylic acids is 1. The van der Waals surface area contributed by atoms with Gasteiger partial charge in [0.15, 0.2) is 5.78 Å². The summed E-state index contributed by atoms with van der Waals surface area (Å²) in [4.78, 5) is 11.5. The number of hydrogen-bond donors (Lipinski definition) is 1. The molecule has 0 saturated heterocycles. The summed E-state index contributed by atoms with van der Waals surface area (Å²) in [5.41, 5.74) is 5.65. The quantitative estimate of drug-likeness (QED) is 0.671. The number of carbonyl (C=O) groups is 1. The fraction of sp³-hybridized carbons (Fsp3) is 0.889. The lowest BCUT2D eigenvalue weighted by Gasteiger charge is -2.12. The summed E-state index contributed by atoms with van der Waals surface area (Å²) in [5.74, 6) is 0.593. The van der Waals surface area contributed by atoms with Crippen LogP contribution in [-0.2, 0) is 4.79 Å². The summed E-state index contributed by atoms with van der Waals surface area (Å²) < 4.78 is 0. The second kappa shape index (κ2) is 3.86. The maximum atomic E-state index is 11.5. The predicted molar refractivity (Wildman–Crippen MR) is 45.2 cm³/mol. The Bertz CT molecular complexity index is 138. The van der Waals surface area contributed by atoms with Crippen LogP contribution in [0.15, 0.2) is 0 Å². The van der Waals surface area contributed by atoms with Gasteiger partial charge < -0.3 is 5.73 Å². The van der Waals surface area contributed by atoms with E-state index in [1.54, 1.807) is 0 Å². The Labute approximate surface area is 68.2 Å². The van der Waals surface area contributed by atoms with Gasteiger partial charge in [0.05, 0.1) is 6.04 Å². The van der Waals surface area contributed by atoms with Gasteiger partial charge in [0.25, 0.3) is 0 Å². The van der Waals surface area contributed by atoms with Crippen molar-refractivity contribution < 1.29 is 4.79 Å². The molecule has 0 heterocycles. The molecule has 0 aromatic heterocycles. The van der Waals surface area contributed by atoms with Gasteiger partial charge in [0.2, 0.25) is 0 Å². The van der Waals surface area contributed by atoms with Gasteiger partial charge in [-0.2, -0.15) is 0 Å². The van der Waals surface area contributed by atoms with E-state index in [1.807, 2.05) is 6.92 Å². The highest BCUT2D eigenvalue weighted by Gasteiger charge is 2.25. The van der Waals surface area contributed by atoms with E-state index in [9.17, 15) is 4.79 Å². The minimum atomic E-state index is -0.196. The number of Topliss-reactive ketones (excluding diaryl/α,β-unsaturated/α-hetero) is 1. The standard InChI is InChI=1S/C9H17NO/c1-2-8(10)9(11)7-5-3-4-6-7/h7-8H,2-6,10H2,1H3/t8-/m1/s1. The number of hydrogen-bond acceptors (Lipinski definition) is 2. The Kier molecular flexibility index (Phi) is 3.06. The first-order chi connectivity index (χ1) is 5.25. The van der Waals surface area contributed by atoms with Crippen molar-refractivity contribution in [3.63, 3.8) is 0 Å². The van der Waals surface area contributed by atoms with Gasteiger partial charge in [-0.3, -0.25) is 4.79 Å². The smallest absolute Gasteiger partial charge is 0.152 e. The summed E-state index contributed by atoms with van der Waals surface area (Å²) in [6.45, 7) is 1.97. The van der Waals surface area contributed by atoms with E-state index < -0.39 is 0 Å². The van der Waals surface area contributed by atoms with Gasteiger partial charge in [0.1, 0.15) is 0 Å². The van der Waals surface area contributed by atoms with Crippen LogP contribution in [0.3, 0.4) is 0 Å². The van der Waals surface area contributed by atoms with Crippen LogP contribution in [0.1, 0.15) is 39.0 Å². The molecular weight excluding hydrogens is 138 g/mol. The van der Waals surface area contributed by atoms with Crippen LogP contribution in [0.4, 0.5) is 0 Å². The monoisotopic (exact) mass is 155 g/mol. The molecule has 0 radical (unpaired) electrons. The maximum Gasteiger partial charge on any atom is 0.152 e. The van der Waals surface area contributed by atoms with Crippen LogP contribution in [0.5, 0.6) is 0 Å². The lowest BCUT2D eigenvalue weighted by atomic mass is 9.96. The lowest BCUT2D eigenvalue weighted by Crippen LogP contribution is -2.33. The first-order valence-corrected chi connectivity index (χ1v) is 4.55. The lowest BCUT2D eigenvalue weighted by molar-refractivity contribution is -0.124. The van der Waals surface area contributed by atoms with E-state index in [4.69, 9.17) is 5.73 Å². The molecule has 11 heavy (non-hydrogen) atoms. The number of ketones is 1. The van der Waals surface area contributed by atoms with Crippen LogP contribution >= 0.6 is 0 Å². The van der Waals surface area contributed by atoms with E-state index >= 15 is 0 Å². The first kappa shape index (κ1) is 8.72. The van der Waals surface area contributed by atoms with Crippen LogP contribution in [0, 0.1) is 5.92 Å². The normalized spacial score (nSPS) is 22.0. The zero-order valence-corrected chi connectivity index (χ0v) is 7.18. The summed E-state index contributed by atoms with van der Waals surface area (Å²) in [6.07, 6.45) is 5.37. The summed E-state index contributed by atoms with van der Waals surface area (Å²) >= 11 is 0. The maximum absolute atomic E-state index is 11.5. The topological polar surface area (TPSA) is 43.1 Å². The molecule has 2 N–H and O–H groups in total. The fourth-order valence-corrected chi connectivity index (χ4v) is 1.71. The molecule has 2 heteroatoms. The van der Waals surface area contributed by atoms with Crippen molar-refractivity contribution in [3.05, 3.63) is 0 Å². The summed E-state index contributed by atoms with van der Waals surface area (Å²) in [6, 6.07) is -0.196. The van der Waals surface area contributed by atoms with Crippen LogP contribution < -0.4 is 5.73 Å². The molecule has 0 aromatic rings. The third-order valence-electron chi connectivity index (χ3n) is 2.56. The molecule has 1 rings (SSSR count). The Morgan fingerprint density at radius 2 is 2.09 bits per heavy atom. The molecule has 1 aliphatic carbocycles. The molecule has 1 aliphatic rings. The average molecular weight is 155 g/mol. The Hall–Kier alpha value is -0.370. The van der Waals surface area contributed by atoms with Crippen molar-refractivity contribution in [2.24, 2.45) is 11.7 Å². The average Bonchev–Trinajstić information content (AvgIpc) is 2.53. The van der Waals surface area contributed by atoms with Gasteiger partial charge in [-0.05, 0) is 19.3 Å². The number of rotatable bonds is 3. The van der Waals surface area contributed by atoms with Crippen molar-refractivity contribution in [3.8, 4) is 0 Å². The molecule has 0 aliphatic heterocycles. The molecule has 0 unspecified atom stereocenters. The van der Waals surface area contributed by atoms with Crippen molar-refractivity contribution in [2.45, 2.75) is 45.1 Å². The van der Waals surface area contributed by atoms with Crippen LogP contribution in [-0.4, -0.2) is 11.8 Å². The Morgan fingerprint density at radius 3 is 2.55 bits per heavy atom. The van der Waals surface area contributed by atoms with Crippen LogP contribution in [0.2, 0.25) is 0 Å². The van der Waals surface area contributed by atoms with Gasteiger partial charge in [0, 0.05) is 5.92 Å². The summed E-state index contributed by atoms with van der Waals surface area (Å²) in [7, 11) is 0. The fourth-order valence-electron chi connectivity index (χ4n) is 1.71. The van der Waals surface area contributed by atoms with Gasteiger partial charge >= 0.3 is 0 Å². The van der Waals surface area contributed by atoms with Gasteiger partial charge in [-0.1, -0.05) is 19.8 Å². The van der Waals surface area contributed by atoms with Crippen molar-refractivity contribution in [1.29, 1.82) is 0 Å². The number of nitrogens with two attached hydrogens (primary N) is 1. The molecule has 0 spiro atoms. The van der Waals surface area contributed by atoms with E-state index in [0.717, 1.165) is 19.3 Å². The third-order valence-corrected chi connectivity index (χ3v) is 2.56. The van der Waals surface area contributed by atoms with E-state index in [1.165, 1.54) is 12.8 Å². The molecule has 2 nitrogen and oxygen atoms in total. The zero-order chi connectivity index (χ0) is 8.27. The zero-order valence-electron chi connectivity index (χ0n) is 7.18. The van der Waals surface area contributed by atoms with Gasteiger partial charge in [-0.25, -0.2) is 0 Å². The molecule has 1 fully saturated rings. The Morgan fingerprint density at radius 1 is 1.55 bits per heavy atom. The third kappa shape index (κ3) is 2.03. The highest BCUT2D eigenvalue weighted by Crippen LogP contribution is 2.26. The SMILES string of the molecule is CC[C@@H](N)C(=O)C1CCCC1. The highest BCUT2D eigenvalue weighted by molar-refractivity contribution is 5.86. The van der Waals surface area contributed by atoms with Crippen LogP contribution in [0.25, 0.3) is 0 Å². The second-order valence-electron chi connectivity index (χ2n) is 3.40. The van der Waals surface area contributed by atoms with E-state index in [0.29, 0.717) is 11.7 Å². The van der Waals surface area contributed by atoms with Gasteiger partial charge in [-0.15, -0.1) is 0 Å². The molecule has 0 bridgehead atoms. The van der Waals surface area contributed by atoms with Crippen molar-refractivity contribution in [2.75, 3.05) is 0 Å². The molecule has 1 atom stereocenters. The predicted octanol–water partition coefficient (Wildman–Crippen LogP) is 1.48.